The fourth-order valence-electron chi connectivity index (χ4n) is 3.20. The molecular weight excluding hydrogens is 390 g/mol. The van der Waals surface area contributed by atoms with E-state index in [4.69, 9.17) is 0 Å². The first-order valence-electron chi connectivity index (χ1n) is 9.45. The summed E-state index contributed by atoms with van der Waals surface area (Å²) in [6.45, 7) is 7.48. The molecule has 0 spiro atoms. The van der Waals surface area contributed by atoms with Gasteiger partial charge in [-0.3, -0.25) is 14.9 Å². The molecule has 1 fully saturated rings. The summed E-state index contributed by atoms with van der Waals surface area (Å²) in [7, 11) is 0. The van der Waals surface area contributed by atoms with Gasteiger partial charge in [0, 0.05) is 44.2 Å². The first kappa shape index (κ1) is 20.8. The largest absolute Gasteiger partial charge is 0.339 e. The van der Waals surface area contributed by atoms with Crippen LogP contribution in [0.1, 0.15) is 23.7 Å². The second-order valence-electron chi connectivity index (χ2n) is 7.06. The third-order valence-corrected chi connectivity index (χ3v) is 5.67. The summed E-state index contributed by atoms with van der Waals surface area (Å²) in [6.07, 6.45) is 0.136. The number of piperazine rings is 1. The number of rotatable bonds is 4. The number of benzene rings is 1. The molecule has 29 heavy (non-hydrogen) atoms. The second kappa shape index (κ2) is 9.04. The van der Waals surface area contributed by atoms with Crippen LogP contribution in [0.25, 0.3) is 0 Å². The van der Waals surface area contributed by atoms with Gasteiger partial charge in [0.15, 0.2) is 5.13 Å². The van der Waals surface area contributed by atoms with E-state index in [1.165, 1.54) is 18.3 Å². The van der Waals surface area contributed by atoms with Crippen molar-refractivity contribution in [3.63, 3.8) is 0 Å². The predicted octanol–water partition coefficient (Wildman–Crippen LogP) is 2.64. The number of thiazole rings is 1. The number of anilines is 2. The van der Waals surface area contributed by atoms with Crippen LogP contribution in [-0.2, 0) is 16.0 Å². The van der Waals surface area contributed by atoms with Gasteiger partial charge in [-0.05, 0) is 25.0 Å². The molecule has 0 atom stereocenters. The minimum Gasteiger partial charge on any atom is -0.339 e. The van der Waals surface area contributed by atoms with Crippen LogP contribution >= 0.6 is 11.3 Å². The zero-order valence-corrected chi connectivity index (χ0v) is 17.6. The molecule has 1 aliphatic heterocycles. The van der Waals surface area contributed by atoms with Gasteiger partial charge in [0.2, 0.25) is 11.8 Å². The molecule has 4 amide bonds. The molecule has 0 saturated carbocycles. The third-order valence-electron chi connectivity index (χ3n) is 4.87. The van der Waals surface area contributed by atoms with Crippen LogP contribution in [0.3, 0.4) is 0 Å². The van der Waals surface area contributed by atoms with Crippen molar-refractivity contribution in [2.45, 2.75) is 27.2 Å². The Morgan fingerprint density at radius 3 is 2.28 bits per heavy atom. The van der Waals surface area contributed by atoms with Crippen molar-refractivity contribution < 1.29 is 14.4 Å². The Morgan fingerprint density at radius 2 is 1.66 bits per heavy atom. The number of nitrogens with zero attached hydrogens (tertiary/aromatic N) is 3. The molecule has 0 radical (unpaired) electrons. The molecule has 1 aliphatic rings. The second-order valence-corrected chi connectivity index (χ2v) is 7.92. The summed E-state index contributed by atoms with van der Waals surface area (Å²) in [5.41, 5.74) is 3.45. The van der Waals surface area contributed by atoms with Gasteiger partial charge < -0.3 is 15.1 Å². The highest BCUT2D eigenvalue weighted by Gasteiger charge is 2.23. The molecule has 3 rings (SSSR count). The summed E-state index contributed by atoms with van der Waals surface area (Å²) in [5, 5.41) is 7.95. The van der Waals surface area contributed by atoms with Gasteiger partial charge in [0.1, 0.15) is 0 Å². The monoisotopic (exact) mass is 415 g/mol. The molecule has 9 heteroatoms. The zero-order valence-electron chi connectivity index (χ0n) is 16.8. The Hall–Kier alpha value is -2.94. The average molecular weight is 416 g/mol. The number of aryl methyl sites for hydroxylation is 2. The first-order chi connectivity index (χ1) is 13.8. The maximum absolute atomic E-state index is 12.4. The highest BCUT2D eigenvalue weighted by molar-refractivity contribution is 7.13. The van der Waals surface area contributed by atoms with E-state index in [9.17, 15) is 14.4 Å². The van der Waals surface area contributed by atoms with Gasteiger partial charge >= 0.3 is 6.03 Å². The molecule has 2 N–H and O–H groups in total. The maximum Gasteiger partial charge on any atom is 0.323 e. The smallest absolute Gasteiger partial charge is 0.323 e. The molecule has 2 heterocycles. The van der Waals surface area contributed by atoms with E-state index >= 15 is 0 Å². The van der Waals surface area contributed by atoms with Crippen LogP contribution < -0.4 is 10.6 Å². The molecule has 8 nitrogen and oxygen atoms in total. The molecule has 0 bridgehead atoms. The van der Waals surface area contributed by atoms with Gasteiger partial charge in [-0.1, -0.05) is 18.2 Å². The lowest BCUT2D eigenvalue weighted by molar-refractivity contribution is -0.130. The van der Waals surface area contributed by atoms with Gasteiger partial charge in [-0.2, -0.15) is 0 Å². The van der Waals surface area contributed by atoms with E-state index in [1.54, 1.807) is 15.2 Å². The predicted molar refractivity (Wildman–Crippen MR) is 113 cm³/mol. The normalized spacial score (nSPS) is 13.9. The van der Waals surface area contributed by atoms with Gasteiger partial charge in [-0.25, -0.2) is 9.78 Å². The maximum atomic E-state index is 12.4. The lowest BCUT2D eigenvalue weighted by Crippen LogP contribution is -2.51. The highest BCUT2D eigenvalue weighted by Crippen LogP contribution is 2.21. The minimum atomic E-state index is -0.242. The van der Waals surface area contributed by atoms with Crippen molar-refractivity contribution in [1.29, 1.82) is 0 Å². The van der Waals surface area contributed by atoms with Gasteiger partial charge in [-0.15, -0.1) is 11.3 Å². The van der Waals surface area contributed by atoms with Crippen molar-refractivity contribution in [2.24, 2.45) is 0 Å². The topological polar surface area (TPSA) is 94.6 Å². The lowest BCUT2D eigenvalue weighted by Gasteiger charge is -2.33. The van der Waals surface area contributed by atoms with Crippen LogP contribution in [0.15, 0.2) is 23.6 Å². The molecule has 0 unspecified atom stereocenters. The molecule has 0 aliphatic carbocycles. The Labute approximate surface area is 173 Å². The number of hydrogen-bond acceptors (Lipinski definition) is 5. The fraction of sp³-hybridized carbons (Fsp3) is 0.400. The number of amides is 4. The van der Waals surface area contributed by atoms with Crippen LogP contribution in [0.2, 0.25) is 0 Å². The van der Waals surface area contributed by atoms with Crippen molar-refractivity contribution in [3.8, 4) is 0 Å². The van der Waals surface area contributed by atoms with E-state index in [0.29, 0.717) is 37.0 Å². The number of nitrogens with one attached hydrogen (secondary N) is 2. The number of urea groups is 1. The van der Waals surface area contributed by atoms with Crippen LogP contribution in [0, 0.1) is 13.8 Å². The van der Waals surface area contributed by atoms with Crippen molar-refractivity contribution >= 4 is 40.0 Å². The number of carbonyl (C=O) groups excluding carboxylic acids is 3. The van der Waals surface area contributed by atoms with Gasteiger partial charge in [0.25, 0.3) is 0 Å². The molecular formula is C20H25N5O3S. The molecule has 154 valence electrons. The Balaban J connectivity index is 1.52. The van der Waals surface area contributed by atoms with Gasteiger partial charge in [0.05, 0.1) is 12.1 Å². The molecule has 1 aromatic heterocycles. The Morgan fingerprint density at radius 1 is 1.03 bits per heavy atom. The number of aromatic nitrogens is 1. The molecule has 2 aromatic rings. The summed E-state index contributed by atoms with van der Waals surface area (Å²) in [4.78, 5) is 43.9. The van der Waals surface area contributed by atoms with Crippen LogP contribution in [0.5, 0.6) is 0 Å². The molecule has 1 aromatic carbocycles. The summed E-state index contributed by atoms with van der Waals surface area (Å²) in [6, 6.07) is 5.62. The first-order valence-corrected chi connectivity index (χ1v) is 10.3. The summed E-state index contributed by atoms with van der Waals surface area (Å²) in [5.74, 6) is -0.125. The average Bonchev–Trinajstić information content (AvgIpc) is 3.11. The fourth-order valence-corrected chi connectivity index (χ4v) is 3.90. The number of para-hydroxylation sites is 1. The van der Waals surface area contributed by atoms with E-state index in [0.717, 1.165) is 16.8 Å². The van der Waals surface area contributed by atoms with E-state index in [2.05, 4.69) is 15.6 Å². The highest BCUT2D eigenvalue weighted by atomic mass is 32.1. The van der Waals surface area contributed by atoms with Crippen LogP contribution in [0.4, 0.5) is 15.6 Å². The van der Waals surface area contributed by atoms with Crippen molar-refractivity contribution in [3.05, 3.63) is 40.4 Å². The Kier molecular flexibility index (Phi) is 6.48. The summed E-state index contributed by atoms with van der Waals surface area (Å²) >= 11 is 1.29. The number of carbonyl (C=O) groups is 3. The quantitative estimate of drug-likeness (QED) is 0.803. The van der Waals surface area contributed by atoms with Crippen LogP contribution in [-0.4, -0.2) is 58.8 Å². The Bertz CT molecular complexity index is 898. The minimum absolute atomic E-state index is 0.0220. The zero-order chi connectivity index (χ0) is 21.0. The van der Waals surface area contributed by atoms with E-state index < -0.39 is 0 Å². The lowest BCUT2D eigenvalue weighted by atomic mass is 10.1. The third kappa shape index (κ3) is 5.32. The molecule has 1 saturated heterocycles. The van der Waals surface area contributed by atoms with E-state index in [1.807, 2.05) is 32.0 Å². The van der Waals surface area contributed by atoms with Crippen molar-refractivity contribution in [1.82, 2.24) is 14.8 Å². The number of hydrogen-bond donors (Lipinski definition) is 2. The van der Waals surface area contributed by atoms with Crippen molar-refractivity contribution in [2.75, 3.05) is 36.8 Å². The van der Waals surface area contributed by atoms with E-state index in [-0.39, 0.29) is 24.3 Å². The standard InChI is InChI=1S/C20H25N5O3S/c1-13-5-4-6-14(2)18(13)22-17(27)11-16-12-29-19(21-16)23-20(28)25-9-7-24(8-10-25)15(3)26/h4-6,12H,7-11H2,1-3H3,(H,22,27)(H,21,23,28). The summed E-state index contributed by atoms with van der Waals surface area (Å²) < 4.78 is 0. The SMILES string of the molecule is CC(=O)N1CCN(C(=O)Nc2nc(CC(=O)Nc3c(C)cccc3C)cs2)CC1.